The van der Waals surface area contributed by atoms with Crippen LogP contribution < -0.4 is 0 Å². The molecule has 4 nitrogen and oxygen atoms in total. The number of carbonyl (C=O) groups excluding carboxylic acids is 1. The second kappa shape index (κ2) is 6.59. The first-order valence-electron chi connectivity index (χ1n) is 6.29. The lowest BCUT2D eigenvalue weighted by atomic mass is 10.1. The lowest BCUT2D eigenvalue weighted by molar-refractivity contribution is -0.133. The third-order valence-corrected chi connectivity index (χ3v) is 5.50. The quantitative estimate of drug-likeness (QED) is 0.755. The van der Waals surface area contributed by atoms with Gasteiger partial charge in [0.25, 0.3) is 0 Å². The van der Waals surface area contributed by atoms with E-state index in [9.17, 15) is 13.2 Å². The van der Waals surface area contributed by atoms with Gasteiger partial charge in [-0.2, -0.15) is 0 Å². The molecule has 112 valence electrons. The predicted octanol–water partition coefficient (Wildman–Crippen LogP) is 2.08. The highest BCUT2D eigenvalue weighted by molar-refractivity contribution is 7.92. The highest BCUT2D eigenvalue weighted by atomic mass is 35.5. The molecule has 0 N–H and O–H groups in total. The molecule has 0 aliphatic heterocycles. The molecule has 0 saturated carbocycles. The maximum atomic E-state index is 12.5. The lowest BCUT2D eigenvalue weighted by Crippen LogP contribution is -2.50. The Kier molecular flexibility index (Phi) is 5.59. The summed E-state index contributed by atoms with van der Waals surface area (Å²) in [7, 11) is -3.49. The number of carbonyl (C=O) groups is 1. The Morgan fingerprint density at radius 2 is 1.80 bits per heavy atom. The maximum absolute atomic E-state index is 12.5. The van der Waals surface area contributed by atoms with Crippen LogP contribution in [0.5, 0.6) is 0 Å². The lowest BCUT2D eigenvalue weighted by Gasteiger charge is -2.30. The molecule has 1 amide bonds. The van der Waals surface area contributed by atoms with Gasteiger partial charge in [-0.25, -0.2) is 8.42 Å². The molecule has 0 saturated heterocycles. The molecule has 0 spiro atoms. The van der Waals surface area contributed by atoms with Crippen LogP contribution in [0.3, 0.4) is 0 Å². The molecule has 6 heteroatoms. The fourth-order valence-electron chi connectivity index (χ4n) is 1.70. The van der Waals surface area contributed by atoms with Crippen molar-refractivity contribution in [3.63, 3.8) is 0 Å². The average molecular weight is 318 g/mol. The molecule has 0 aliphatic rings. The molecule has 0 bridgehead atoms. The van der Waals surface area contributed by atoms with Gasteiger partial charge in [0.1, 0.15) is 4.75 Å². The average Bonchev–Trinajstić information content (AvgIpc) is 2.37. The minimum Gasteiger partial charge on any atom is -0.336 e. The van der Waals surface area contributed by atoms with Crippen LogP contribution in [0.2, 0.25) is 0 Å². The zero-order valence-corrected chi connectivity index (χ0v) is 13.5. The largest absolute Gasteiger partial charge is 0.336 e. The van der Waals surface area contributed by atoms with Gasteiger partial charge in [-0.15, -0.1) is 11.6 Å². The molecule has 0 radical (unpaired) electrons. The molecule has 0 heterocycles. The van der Waals surface area contributed by atoms with Crippen molar-refractivity contribution in [2.45, 2.75) is 25.1 Å². The van der Waals surface area contributed by atoms with Crippen LogP contribution in [0.25, 0.3) is 0 Å². The molecular formula is C14H20ClNO3S. The Hall–Kier alpha value is -1.07. The Balaban J connectivity index is 3.00. The molecule has 0 atom stereocenters. The van der Waals surface area contributed by atoms with Gasteiger partial charge < -0.3 is 4.90 Å². The van der Waals surface area contributed by atoms with Crippen molar-refractivity contribution in [2.24, 2.45) is 0 Å². The number of benzene rings is 1. The molecule has 1 aromatic rings. The van der Waals surface area contributed by atoms with Gasteiger partial charge in [0.2, 0.25) is 5.91 Å². The van der Waals surface area contributed by atoms with Crippen molar-refractivity contribution in [1.82, 2.24) is 4.90 Å². The van der Waals surface area contributed by atoms with Crippen molar-refractivity contribution < 1.29 is 13.2 Å². The smallest absolute Gasteiger partial charge is 0.243 e. The van der Waals surface area contributed by atoms with Crippen LogP contribution in [0, 0.1) is 0 Å². The van der Waals surface area contributed by atoms with E-state index in [0.29, 0.717) is 13.1 Å². The van der Waals surface area contributed by atoms with Crippen molar-refractivity contribution in [1.29, 1.82) is 0 Å². The van der Waals surface area contributed by atoms with Gasteiger partial charge in [-0.1, -0.05) is 30.3 Å². The minimum absolute atomic E-state index is 0.262. The van der Waals surface area contributed by atoms with Gasteiger partial charge in [-0.3, -0.25) is 4.79 Å². The molecule has 0 fully saturated rings. The van der Waals surface area contributed by atoms with Crippen molar-refractivity contribution in [2.75, 3.05) is 18.7 Å². The molecular weight excluding hydrogens is 298 g/mol. The Morgan fingerprint density at radius 1 is 1.25 bits per heavy atom. The Morgan fingerprint density at radius 3 is 2.25 bits per heavy atom. The molecule has 0 unspecified atom stereocenters. The monoisotopic (exact) mass is 317 g/mol. The van der Waals surface area contributed by atoms with E-state index >= 15 is 0 Å². The summed E-state index contributed by atoms with van der Waals surface area (Å²) < 4.78 is 22.1. The van der Waals surface area contributed by atoms with Gasteiger partial charge in [0, 0.05) is 25.2 Å². The second-order valence-electron chi connectivity index (χ2n) is 5.18. The summed E-state index contributed by atoms with van der Waals surface area (Å²) in [5, 5.41) is 0. The summed E-state index contributed by atoms with van der Waals surface area (Å²) in [4.78, 5) is 14.0. The van der Waals surface area contributed by atoms with Gasteiger partial charge in [-0.05, 0) is 19.4 Å². The summed E-state index contributed by atoms with van der Waals surface area (Å²) in [6.07, 6.45) is 1.08. The van der Waals surface area contributed by atoms with Crippen LogP contribution >= 0.6 is 11.6 Å². The zero-order chi connectivity index (χ0) is 15.4. The fraction of sp³-hybridized carbons (Fsp3) is 0.500. The number of halogens is 1. The van der Waals surface area contributed by atoms with E-state index in [4.69, 9.17) is 11.6 Å². The zero-order valence-electron chi connectivity index (χ0n) is 12.0. The number of sulfone groups is 1. The first-order valence-corrected chi connectivity index (χ1v) is 8.71. The normalized spacial score (nSPS) is 12.2. The van der Waals surface area contributed by atoms with Gasteiger partial charge in [0.05, 0.1) is 0 Å². The first kappa shape index (κ1) is 17.0. The topological polar surface area (TPSA) is 54.5 Å². The Labute approximate surface area is 125 Å². The van der Waals surface area contributed by atoms with E-state index in [0.717, 1.165) is 11.8 Å². The van der Waals surface area contributed by atoms with Crippen molar-refractivity contribution in [3.8, 4) is 0 Å². The van der Waals surface area contributed by atoms with E-state index in [-0.39, 0.29) is 5.88 Å². The standard InChI is InChI=1S/C14H20ClNO3S/c1-14(2,20(3,18)19)13(17)16(10-9-15)11-12-7-5-4-6-8-12/h4-8H,9-11H2,1-3H3. The van der Waals surface area contributed by atoms with Gasteiger partial charge >= 0.3 is 0 Å². The molecule has 0 aromatic heterocycles. The Bertz CT molecular complexity index is 555. The van der Waals surface area contributed by atoms with E-state index in [1.807, 2.05) is 30.3 Å². The van der Waals surface area contributed by atoms with Crippen LogP contribution in [0.4, 0.5) is 0 Å². The van der Waals surface area contributed by atoms with Crippen LogP contribution in [0.15, 0.2) is 30.3 Å². The number of amides is 1. The molecule has 20 heavy (non-hydrogen) atoms. The number of nitrogens with zero attached hydrogens (tertiary/aromatic N) is 1. The summed E-state index contributed by atoms with van der Waals surface area (Å²) in [5.74, 6) is -0.164. The molecule has 1 aromatic carbocycles. The summed E-state index contributed by atoms with van der Waals surface area (Å²) >= 11 is 5.73. The summed E-state index contributed by atoms with van der Waals surface area (Å²) in [6.45, 7) is 3.52. The van der Waals surface area contributed by atoms with Crippen molar-refractivity contribution in [3.05, 3.63) is 35.9 Å². The van der Waals surface area contributed by atoms with Crippen molar-refractivity contribution >= 4 is 27.3 Å². The fourth-order valence-corrected chi connectivity index (χ4v) is 2.35. The van der Waals surface area contributed by atoms with Crippen LogP contribution in [0.1, 0.15) is 19.4 Å². The number of hydrogen-bond donors (Lipinski definition) is 0. The SMILES string of the molecule is CC(C)(C(=O)N(CCCl)Cc1ccccc1)S(C)(=O)=O. The number of alkyl halides is 1. The van der Waals surface area contributed by atoms with E-state index in [1.54, 1.807) is 0 Å². The number of hydrogen-bond acceptors (Lipinski definition) is 3. The molecule has 1 rings (SSSR count). The third kappa shape index (κ3) is 3.96. The maximum Gasteiger partial charge on any atom is 0.243 e. The third-order valence-electron chi connectivity index (χ3n) is 3.30. The second-order valence-corrected chi connectivity index (χ2v) is 8.13. The summed E-state index contributed by atoms with van der Waals surface area (Å²) in [5.41, 5.74) is 0.940. The number of rotatable bonds is 6. The summed E-state index contributed by atoms with van der Waals surface area (Å²) in [6, 6.07) is 9.42. The minimum atomic E-state index is -3.49. The highest BCUT2D eigenvalue weighted by Gasteiger charge is 2.41. The van der Waals surface area contributed by atoms with Crippen LogP contribution in [-0.2, 0) is 21.2 Å². The van der Waals surface area contributed by atoms with Gasteiger partial charge in [0.15, 0.2) is 9.84 Å². The predicted molar refractivity (Wildman–Crippen MR) is 81.5 cm³/mol. The molecule has 0 aliphatic carbocycles. The van der Waals surface area contributed by atoms with E-state index in [2.05, 4.69) is 0 Å². The van der Waals surface area contributed by atoms with E-state index < -0.39 is 20.5 Å². The highest BCUT2D eigenvalue weighted by Crippen LogP contribution is 2.20. The van der Waals surface area contributed by atoms with Crippen LogP contribution in [-0.4, -0.2) is 42.7 Å². The van der Waals surface area contributed by atoms with E-state index in [1.165, 1.54) is 18.7 Å². The first-order chi connectivity index (χ1) is 9.20.